The predicted molar refractivity (Wildman–Crippen MR) is 90.5 cm³/mol. The maximum absolute atomic E-state index is 14.4. The molecule has 1 aromatic carbocycles. The van der Waals surface area contributed by atoms with Crippen molar-refractivity contribution in [2.24, 2.45) is 5.92 Å². The number of nitrogens with zero attached hydrogens (tertiary/aromatic N) is 3. The van der Waals surface area contributed by atoms with E-state index in [2.05, 4.69) is 4.90 Å². The lowest BCUT2D eigenvalue weighted by molar-refractivity contribution is -0.142. The van der Waals surface area contributed by atoms with Crippen molar-refractivity contribution in [3.05, 3.63) is 35.4 Å². The van der Waals surface area contributed by atoms with Crippen LogP contribution in [0.25, 0.3) is 0 Å². The van der Waals surface area contributed by atoms with Crippen molar-refractivity contribution in [2.75, 3.05) is 40.3 Å². The summed E-state index contributed by atoms with van der Waals surface area (Å²) in [4.78, 5) is 29.9. The van der Waals surface area contributed by atoms with Gasteiger partial charge in [0.1, 0.15) is 6.04 Å². The lowest BCUT2D eigenvalue weighted by atomic mass is 9.91. The molecule has 2 heterocycles. The van der Waals surface area contributed by atoms with Gasteiger partial charge in [0.15, 0.2) is 11.6 Å². The first kappa shape index (κ1) is 18.7. The highest BCUT2D eigenvalue weighted by molar-refractivity contribution is 5.83. The summed E-state index contributed by atoms with van der Waals surface area (Å²) in [6, 6.07) is 2.10. The zero-order valence-electron chi connectivity index (χ0n) is 14.9. The fourth-order valence-corrected chi connectivity index (χ4v) is 3.97. The van der Waals surface area contributed by atoms with E-state index in [0.29, 0.717) is 13.1 Å². The van der Waals surface area contributed by atoms with Crippen LogP contribution in [0.3, 0.4) is 0 Å². The summed E-state index contributed by atoms with van der Waals surface area (Å²) in [7, 11) is 3.52. The number of likely N-dealkylation sites (N-methyl/N-ethyl adjacent to an activating group) is 2. The number of carbonyl (C=O) groups is 2. The van der Waals surface area contributed by atoms with Crippen LogP contribution in [0.2, 0.25) is 0 Å². The van der Waals surface area contributed by atoms with Crippen molar-refractivity contribution in [2.45, 2.75) is 18.5 Å². The van der Waals surface area contributed by atoms with Crippen molar-refractivity contribution in [3.63, 3.8) is 0 Å². The van der Waals surface area contributed by atoms with E-state index in [-0.39, 0.29) is 17.9 Å². The zero-order valence-corrected chi connectivity index (χ0v) is 14.9. The summed E-state index contributed by atoms with van der Waals surface area (Å²) in [5, 5.41) is 9.48. The molecule has 0 saturated carbocycles. The number of hydrogen-bond acceptors (Lipinski definition) is 4. The van der Waals surface area contributed by atoms with E-state index in [4.69, 9.17) is 0 Å². The molecule has 0 aliphatic carbocycles. The average molecular weight is 367 g/mol. The molecule has 0 aromatic heterocycles. The highest BCUT2D eigenvalue weighted by atomic mass is 19.2. The predicted octanol–water partition coefficient (Wildman–Crippen LogP) is 1.18. The molecule has 1 aromatic rings. The number of rotatable bonds is 3. The minimum atomic E-state index is -1.07. The SMILES string of the molecule is CN1CCN(C(=O)[C@H]2C[C@@H](C(=O)O)N(C)[C@H]2c2cccc(F)c2F)CC1. The molecule has 26 heavy (non-hydrogen) atoms. The molecule has 2 saturated heterocycles. The van der Waals surface area contributed by atoms with Gasteiger partial charge in [0.2, 0.25) is 5.91 Å². The van der Waals surface area contributed by atoms with Crippen molar-refractivity contribution in [1.29, 1.82) is 0 Å². The first-order chi connectivity index (χ1) is 12.3. The van der Waals surface area contributed by atoms with Gasteiger partial charge in [0.25, 0.3) is 0 Å². The number of hydrogen-bond donors (Lipinski definition) is 1. The first-order valence-corrected chi connectivity index (χ1v) is 8.67. The van der Waals surface area contributed by atoms with Crippen molar-refractivity contribution in [1.82, 2.24) is 14.7 Å². The van der Waals surface area contributed by atoms with Crippen molar-refractivity contribution >= 4 is 11.9 Å². The van der Waals surface area contributed by atoms with Crippen molar-refractivity contribution < 1.29 is 23.5 Å². The normalized spacial score (nSPS) is 27.7. The lowest BCUT2D eigenvalue weighted by Gasteiger charge is -2.35. The Morgan fingerprint density at radius 1 is 1.12 bits per heavy atom. The Kier molecular flexibility index (Phi) is 5.24. The van der Waals surface area contributed by atoms with E-state index in [9.17, 15) is 23.5 Å². The third-order valence-corrected chi connectivity index (χ3v) is 5.51. The van der Waals surface area contributed by atoms with E-state index < -0.39 is 35.6 Å². The third kappa shape index (κ3) is 3.31. The van der Waals surface area contributed by atoms with E-state index in [1.165, 1.54) is 17.0 Å². The van der Waals surface area contributed by atoms with Gasteiger partial charge >= 0.3 is 5.97 Å². The molecule has 2 aliphatic rings. The molecule has 1 amide bonds. The minimum absolute atomic E-state index is 0.0312. The van der Waals surface area contributed by atoms with E-state index in [1.54, 1.807) is 11.9 Å². The molecule has 0 spiro atoms. The van der Waals surface area contributed by atoms with Crippen LogP contribution in [0.15, 0.2) is 18.2 Å². The maximum atomic E-state index is 14.4. The molecular formula is C18H23F2N3O3. The highest BCUT2D eigenvalue weighted by Gasteiger charge is 2.48. The van der Waals surface area contributed by atoms with E-state index in [0.717, 1.165) is 19.2 Å². The number of benzene rings is 1. The lowest BCUT2D eigenvalue weighted by Crippen LogP contribution is -2.49. The van der Waals surface area contributed by atoms with Gasteiger partial charge in [-0.15, -0.1) is 0 Å². The quantitative estimate of drug-likeness (QED) is 0.869. The Balaban J connectivity index is 1.94. The molecule has 2 aliphatic heterocycles. The molecule has 0 unspecified atom stereocenters. The second kappa shape index (κ2) is 7.28. The number of carboxylic acids is 1. The fraction of sp³-hybridized carbons (Fsp3) is 0.556. The number of aliphatic carboxylic acids is 1. The second-order valence-corrected chi connectivity index (χ2v) is 7.08. The molecule has 142 valence electrons. The average Bonchev–Trinajstić information content (AvgIpc) is 2.95. The molecule has 2 fully saturated rings. The third-order valence-electron chi connectivity index (χ3n) is 5.51. The van der Waals surface area contributed by atoms with Gasteiger partial charge in [-0.05, 0) is 26.6 Å². The number of carbonyl (C=O) groups excluding carboxylic acids is 1. The summed E-state index contributed by atoms with van der Waals surface area (Å²) in [6.07, 6.45) is 0.0810. The summed E-state index contributed by atoms with van der Waals surface area (Å²) in [5.41, 5.74) is 0.0312. The van der Waals surface area contributed by atoms with Crippen LogP contribution in [0.1, 0.15) is 18.0 Å². The second-order valence-electron chi connectivity index (χ2n) is 7.08. The molecule has 1 N–H and O–H groups in total. The Bertz CT molecular complexity index is 707. The van der Waals surface area contributed by atoms with Gasteiger partial charge in [-0.3, -0.25) is 14.5 Å². The fourth-order valence-electron chi connectivity index (χ4n) is 3.97. The van der Waals surface area contributed by atoms with Gasteiger partial charge < -0.3 is 14.9 Å². The number of amides is 1. The minimum Gasteiger partial charge on any atom is -0.480 e. The molecule has 8 heteroatoms. The van der Waals surface area contributed by atoms with Gasteiger partial charge in [-0.25, -0.2) is 8.78 Å². The standard InChI is InChI=1S/C18H23F2N3O3/c1-21-6-8-23(9-7-21)17(24)12-10-14(18(25)26)22(2)16(12)11-4-3-5-13(19)15(11)20/h3-5,12,14,16H,6-10H2,1-2H3,(H,25,26)/t12-,14-,16-/m0/s1. The van der Waals surface area contributed by atoms with E-state index >= 15 is 0 Å². The Morgan fingerprint density at radius 2 is 1.77 bits per heavy atom. The smallest absolute Gasteiger partial charge is 0.320 e. The first-order valence-electron chi connectivity index (χ1n) is 8.67. The number of halogens is 2. The number of likely N-dealkylation sites (tertiary alicyclic amines) is 1. The molecule has 0 radical (unpaired) electrons. The summed E-state index contributed by atoms with van der Waals surface area (Å²) < 4.78 is 28.1. The van der Waals surface area contributed by atoms with Gasteiger partial charge in [-0.1, -0.05) is 12.1 Å². The van der Waals surface area contributed by atoms with Gasteiger partial charge in [-0.2, -0.15) is 0 Å². The largest absolute Gasteiger partial charge is 0.480 e. The van der Waals surface area contributed by atoms with E-state index in [1.807, 2.05) is 7.05 Å². The molecule has 3 rings (SSSR count). The summed E-state index contributed by atoms with van der Waals surface area (Å²) >= 11 is 0. The maximum Gasteiger partial charge on any atom is 0.320 e. The highest BCUT2D eigenvalue weighted by Crippen LogP contribution is 2.42. The van der Waals surface area contributed by atoms with Crippen LogP contribution in [0.4, 0.5) is 8.78 Å². The summed E-state index contributed by atoms with van der Waals surface area (Å²) in [6.45, 7) is 2.56. The Labute approximate surface area is 151 Å². The zero-order chi connectivity index (χ0) is 19.0. The molecule has 3 atom stereocenters. The monoisotopic (exact) mass is 367 g/mol. The van der Waals surface area contributed by atoms with Crippen LogP contribution in [0.5, 0.6) is 0 Å². The topological polar surface area (TPSA) is 64.1 Å². The Morgan fingerprint density at radius 3 is 2.38 bits per heavy atom. The van der Waals surface area contributed by atoms with Gasteiger partial charge in [0.05, 0.1) is 12.0 Å². The molecular weight excluding hydrogens is 344 g/mol. The van der Waals surface area contributed by atoms with Crippen LogP contribution in [0, 0.1) is 17.6 Å². The van der Waals surface area contributed by atoms with Crippen LogP contribution in [-0.2, 0) is 9.59 Å². The van der Waals surface area contributed by atoms with Crippen LogP contribution in [-0.4, -0.2) is 78.0 Å². The Hall–Kier alpha value is -2.06. The molecule has 0 bridgehead atoms. The summed E-state index contributed by atoms with van der Waals surface area (Å²) in [5.74, 6) is -4.00. The number of piperazine rings is 1. The van der Waals surface area contributed by atoms with Crippen LogP contribution < -0.4 is 0 Å². The number of carboxylic acid groups (broad SMARTS) is 1. The van der Waals surface area contributed by atoms with Crippen LogP contribution >= 0.6 is 0 Å². The van der Waals surface area contributed by atoms with Crippen molar-refractivity contribution in [3.8, 4) is 0 Å². The van der Waals surface area contributed by atoms with Gasteiger partial charge in [0, 0.05) is 31.7 Å². The molecule has 6 nitrogen and oxygen atoms in total.